The van der Waals surface area contributed by atoms with Crippen molar-refractivity contribution >= 4 is 33.5 Å². The minimum atomic E-state index is -4.14. The van der Waals surface area contributed by atoms with Crippen LogP contribution in [0.1, 0.15) is 46.3 Å². The molecule has 0 bridgehead atoms. The Kier molecular flexibility index (Phi) is 9.31. The quantitative estimate of drug-likeness (QED) is 0.305. The maximum atomic E-state index is 13.1. The summed E-state index contributed by atoms with van der Waals surface area (Å²) in [5, 5.41) is 19.0. The highest BCUT2D eigenvalue weighted by Gasteiger charge is 2.28. The first-order valence-corrected chi connectivity index (χ1v) is 15.0. The monoisotopic (exact) mass is 570 g/mol. The lowest BCUT2D eigenvalue weighted by molar-refractivity contribution is -0.138. The molecule has 0 spiro atoms. The van der Waals surface area contributed by atoms with Gasteiger partial charge in [0.15, 0.2) is 5.96 Å². The number of benzene rings is 2. The summed E-state index contributed by atoms with van der Waals surface area (Å²) in [6.07, 6.45) is 2.90. The van der Waals surface area contributed by atoms with Crippen LogP contribution in [0.2, 0.25) is 0 Å². The van der Waals surface area contributed by atoms with Gasteiger partial charge in [-0.3, -0.25) is 14.6 Å². The van der Waals surface area contributed by atoms with E-state index < -0.39 is 34.5 Å². The van der Waals surface area contributed by atoms with Gasteiger partial charge in [-0.25, -0.2) is 8.42 Å². The SMILES string of the molecule is Cc1cc(C)c(S(=O)(=O)N[C@@H](CNC(=O)c2cccc(N3CCC(NC4=NCCCN4)CC3)c2)C(=O)O)c(C)c1. The highest BCUT2D eigenvalue weighted by atomic mass is 32.2. The van der Waals surface area contributed by atoms with Crippen molar-refractivity contribution in [1.29, 1.82) is 0 Å². The van der Waals surface area contributed by atoms with Gasteiger partial charge in [-0.15, -0.1) is 0 Å². The average Bonchev–Trinajstić information content (AvgIpc) is 2.91. The third kappa shape index (κ3) is 7.30. The van der Waals surface area contributed by atoms with E-state index in [2.05, 4.69) is 30.6 Å². The van der Waals surface area contributed by atoms with Crippen molar-refractivity contribution in [3.63, 3.8) is 0 Å². The van der Waals surface area contributed by atoms with Crippen LogP contribution in [0.15, 0.2) is 46.3 Å². The van der Waals surface area contributed by atoms with Crippen LogP contribution in [-0.2, 0) is 14.8 Å². The summed E-state index contributed by atoms with van der Waals surface area (Å²) in [7, 11) is -4.14. The van der Waals surface area contributed by atoms with E-state index in [9.17, 15) is 23.1 Å². The Balaban J connectivity index is 1.35. The first-order chi connectivity index (χ1) is 19.0. The maximum Gasteiger partial charge on any atom is 0.323 e. The summed E-state index contributed by atoms with van der Waals surface area (Å²) >= 11 is 0. The molecule has 2 aliphatic rings. The molecule has 216 valence electrons. The van der Waals surface area contributed by atoms with Gasteiger partial charge in [-0.1, -0.05) is 23.8 Å². The van der Waals surface area contributed by atoms with Gasteiger partial charge in [0.1, 0.15) is 6.04 Å². The lowest BCUT2D eigenvalue weighted by Gasteiger charge is -2.35. The predicted octanol–water partition coefficient (Wildman–Crippen LogP) is 1.68. The Morgan fingerprint density at radius 2 is 1.82 bits per heavy atom. The summed E-state index contributed by atoms with van der Waals surface area (Å²) in [5.74, 6) is -0.992. The number of hydrogen-bond donors (Lipinski definition) is 5. The zero-order chi connectivity index (χ0) is 28.9. The van der Waals surface area contributed by atoms with Gasteiger partial charge >= 0.3 is 5.97 Å². The molecule has 2 heterocycles. The van der Waals surface area contributed by atoms with Crippen molar-refractivity contribution in [2.24, 2.45) is 4.99 Å². The van der Waals surface area contributed by atoms with Gasteiger partial charge in [0.25, 0.3) is 5.91 Å². The van der Waals surface area contributed by atoms with Crippen molar-refractivity contribution in [3.8, 4) is 0 Å². The maximum absolute atomic E-state index is 13.1. The molecular weight excluding hydrogens is 532 g/mol. The largest absolute Gasteiger partial charge is 0.480 e. The van der Waals surface area contributed by atoms with Gasteiger partial charge in [0, 0.05) is 50.0 Å². The van der Waals surface area contributed by atoms with Crippen LogP contribution in [-0.4, -0.2) is 76.2 Å². The first-order valence-electron chi connectivity index (χ1n) is 13.5. The molecule has 1 saturated heterocycles. The van der Waals surface area contributed by atoms with E-state index in [1.165, 1.54) is 0 Å². The molecule has 40 heavy (non-hydrogen) atoms. The van der Waals surface area contributed by atoms with Crippen molar-refractivity contribution in [1.82, 2.24) is 20.7 Å². The van der Waals surface area contributed by atoms with Crippen molar-refractivity contribution < 1.29 is 23.1 Å². The van der Waals surface area contributed by atoms with E-state index >= 15 is 0 Å². The number of nitrogens with one attached hydrogen (secondary N) is 4. The van der Waals surface area contributed by atoms with E-state index in [4.69, 9.17) is 0 Å². The minimum Gasteiger partial charge on any atom is -0.480 e. The zero-order valence-electron chi connectivity index (χ0n) is 23.2. The molecule has 11 nitrogen and oxygen atoms in total. The molecule has 5 N–H and O–H groups in total. The number of nitrogens with zero attached hydrogens (tertiary/aromatic N) is 2. The number of hydrogen-bond acceptors (Lipinski definition) is 8. The molecular formula is C28H38N6O5S. The van der Waals surface area contributed by atoms with Gasteiger partial charge < -0.3 is 26.0 Å². The third-order valence-corrected chi connectivity index (χ3v) is 8.92. The number of sulfonamides is 1. The number of piperidine rings is 1. The number of anilines is 1. The number of guanidine groups is 1. The van der Waals surface area contributed by atoms with Crippen LogP contribution >= 0.6 is 0 Å². The molecule has 1 fully saturated rings. The smallest absolute Gasteiger partial charge is 0.323 e. The second kappa shape index (κ2) is 12.7. The van der Waals surface area contributed by atoms with Gasteiger partial charge in [0.05, 0.1) is 4.90 Å². The molecule has 1 atom stereocenters. The van der Waals surface area contributed by atoms with Gasteiger partial charge in [-0.2, -0.15) is 4.72 Å². The third-order valence-electron chi connectivity index (χ3n) is 7.14. The van der Waals surface area contributed by atoms with E-state index in [0.29, 0.717) is 22.7 Å². The molecule has 2 aliphatic heterocycles. The zero-order valence-corrected chi connectivity index (χ0v) is 24.0. The van der Waals surface area contributed by atoms with Crippen LogP contribution in [0.5, 0.6) is 0 Å². The van der Waals surface area contributed by atoms with E-state index in [0.717, 1.165) is 62.7 Å². The van der Waals surface area contributed by atoms with Crippen LogP contribution in [0, 0.1) is 20.8 Å². The summed E-state index contributed by atoms with van der Waals surface area (Å²) in [6, 6.07) is 9.41. The summed E-state index contributed by atoms with van der Waals surface area (Å²) < 4.78 is 28.4. The molecule has 0 saturated carbocycles. The number of amides is 1. The number of carboxylic acid groups (broad SMARTS) is 1. The van der Waals surface area contributed by atoms with Gasteiger partial charge in [0.2, 0.25) is 10.0 Å². The molecule has 2 aromatic carbocycles. The summed E-state index contributed by atoms with van der Waals surface area (Å²) in [6.45, 7) is 8.20. The van der Waals surface area contributed by atoms with E-state index in [-0.39, 0.29) is 4.90 Å². The molecule has 0 radical (unpaired) electrons. The molecule has 0 aromatic heterocycles. The molecule has 4 rings (SSSR count). The Morgan fingerprint density at radius 1 is 1.12 bits per heavy atom. The number of carbonyl (C=O) groups excluding carboxylic acids is 1. The first kappa shape index (κ1) is 29.3. The topological polar surface area (TPSA) is 152 Å². The normalized spacial score (nSPS) is 17.0. The highest BCUT2D eigenvalue weighted by molar-refractivity contribution is 7.89. The Morgan fingerprint density at radius 3 is 2.45 bits per heavy atom. The molecule has 2 aromatic rings. The standard InChI is InChI=1S/C28H38N6O5S/c1-18-14-19(2)25(20(3)15-18)40(38,39)33-24(27(36)37)17-31-26(35)21-6-4-7-23(16-21)34-12-8-22(9-13-34)32-28-29-10-5-11-30-28/h4,6-7,14-16,22,24,33H,5,8-13,17H2,1-3H3,(H,31,35)(H,36,37)(H2,29,30,32)/t24-/m0/s1. The predicted molar refractivity (Wildman–Crippen MR) is 154 cm³/mol. The summed E-state index contributed by atoms with van der Waals surface area (Å²) in [4.78, 5) is 31.6. The average molecular weight is 571 g/mol. The molecule has 12 heteroatoms. The highest BCUT2D eigenvalue weighted by Crippen LogP contribution is 2.23. The van der Waals surface area contributed by atoms with Crippen LogP contribution in [0.4, 0.5) is 5.69 Å². The van der Waals surface area contributed by atoms with Gasteiger partial charge in [-0.05, 0) is 69.4 Å². The fraction of sp³-hybridized carbons (Fsp3) is 0.464. The number of carbonyl (C=O) groups is 2. The van der Waals surface area contributed by atoms with Crippen LogP contribution < -0.4 is 25.6 Å². The van der Waals surface area contributed by atoms with Crippen molar-refractivity contribution in [3.05, 3.63) is 58.7 Å². The fourth-order valence-electron chi connectivity index (χ4n) is 5.26. The molecule has 0 aliphatic carbocycles. The van der Waals surface area contributed by atoms with Crippen molar-refractivity contribution in [2.75, 3.05) is 37.6 Å². The van der Waals surface area contributed by atoms with E-state index in [1.54, 1.807) is 44.2 Å². The Bertz CT molecular complexity index is 1360. The molecule has 0 unspecified atom stereocenters. The van der Waals surface area contributed by atoms with Crippen LogP contribution in [0.25, 0.3) is 0 Å². The van der Waals surface area contributed by atoms with E-state index in [1.807, 2.05) is 13.0 Å². The minimum absolute atomic E-state index is 0.0466. The number of rotatable bonds is 9. The number of carboxylic acids is 1. The number of aliphatic carboxylic acids is 1. The Hall–Kier alpha value is -3.64. The van der Waals surface area contributed by atoms with Crippen molar-refractivity contribution in [2.45, 2.75) is 57.0 Å². The second-order valence-corrected chi connectivity index (χ2v) is 12.1. The fourth-order valence-corrected chi connectivity index (χ4v) is 6.90. The number of aryl methyl sites for hydroxylation is 3. The number of aliphatic imine (C=N–C) groups is 1. The second-order valence-electron chi connectivity index (χ2n) is 10.4. The molecule has 1 amide bonds. The van der Waals surface area contributed by atoms with Crippen LogP contribution in [0.3, 0.4) is 0 Å². The lowest BCUT2D eigenvalue weighted by Crippen LogP contribution is -2.50. The Labute approximate surface area is 235 Å². The summed E-state index contributed by atoms with van der Waals surface area (Å²) in [5.41, 5.74) is 3.23. The lowest BCUT2D eigenvalue weighted by atomic mass is 10.0.